The highest BCUT2D eigenvalue weighted by atomic mass is 32.2. The maximum atomic E-state index is 10.5. The van der Waals surface area contributed by atoms with E-state index in [0.29, 0.717) is 12.5 Å². The first-order valence-corrected chi connectivity index (χ1v) is 6.11. The Morgan fingerprint density at radius 1 is 1.42 bits per heavy atom. The van der Waals surface area contributed by atoms with E-state index in [4.69, 9.17) is 0 Å². The molecule has 0 spiro atoms. The van der Waals surface area contributed by atoms with Crippen molar-refractivity contribution in [2.45, 2.75) is 33.1 Å². The molecular weight excluding hydrogens is 176 g/mol. The quantitative estimate of drug-likeness (QED) is 0.478. The van der Waals surface area contributed by atoms with Crippen LogP contribution in [-0.2, 0) is 14.3 Å². The van der Waals surface area contributed by atoms with Gasteiger partial charge in [0.05, 0.1) is 12.9 Å². The van der Waals surface area contributed by atoms with Gasteiger partial charge in [-0.1, -0.05) is 20.3 Å². The van der Waals surface area contributed by atoms with E-state index in [1.165, 1.54) is 0 Å². The summed E-state index contributed by atoms with van der Waals surface area (Å²) in [7, 11) is -3.23. The molecule has 0 radical (unpaired) electrons. The average molecular weight is 194 g/mol. The van der Waals surface area contributed by atoms with Gasteiger partial charge in [0.15, 0.2) is 0 Å². The lowest BCUT2D eigenvalue weighted by Gasteiger charge is -2.06. The molecule has 0 aromatic rings. The fourth-order valence-corrected chi connectivity index (χ4v) is 1.27. The first-order chi connectivity index (χ1) is 5.45. The lowest BCUT2D eigenvalue weighted by atomic mass is 10.0. The van der Waals surface area contributed by atoms with Crippen LogP contribution in [0.25, 0.3) is 0 Å². The van der Waals surface area contributed by atoms with Crippen molar-refractivity contribution in [3.63, 3.8) is 0 Å². The molecule has 0 aromatic heterocycles. The molecule has 0 saturated heterocycles. The van der Waals surface area contributed by atoms with Crippen LogP contribution in [0, 0.1) is 5.92 Å². The Labute approximate surface area is 75.2 Å². The summed E-state index contributed by atoms with van der Waals surface area (Å²) in [6.07, 6.45) is 4.07. The highest BCUT2D eigenvalue weighted by Gasteiger charge is 2.02. The van der Waals surface area contributed by atoms with E-state index >= 15 is 0 Å². The topological polar surface area (TPSA) is 43.4 Å². The lowest BCUT2D eigenvalue weighted by Crippen LogP contribution is -2.05. The van der Waals surface area contributed by atoms with Crippen molar-refractivity contribution in [3.05, 3.63) is 0 Å². The van der Waals surface area contributed by atoms with Gasteiger partial charge in [-0.15, -0.1) is 0 Å². The largest absolute Gasteiger partial charge is 0.270 e. The highest BCUT2D eigenvalue weighted by Crippen LogP contribution is 2.09. The van der Waals surface area contributed by atoms with E-state index in [1.807, 2.05) is 0 Å². The zero-order valence-corrected chi connectivity index (χ0v) is 8.86. The molecule has 0 unspecified atom stereocenters. The predicted octanol–water partition coefficient (Wildman–Crippen LogP) is 1.79. The van der Waals surface area contributed by atoms with Gasteiger partial charge in [-0.3, -0.25) is 4.18 Å². The molecule has 0 amide bonds. The second-order valence-corrected chi connectivity index (χ2v) is 4.83. The molecule has 0 heterocycles. The van der Waals surface area contributed by atoms with Crippen LogP contribution in [-0.4, -0.2) is 21.3 Å². The van der Waals surface area contributed by atoms with Crippen molar-refractivity contribution in [2.75, 3.05) is 12.9 Å². The smallest absolute Gasteiger partial charge is 0.264 e. The predicted molar refractivity (Wildman–Crippen MR) is 49.5 cm³/mol. The van der Waals surface area contributed by atoms with Gasteiger partial charge in [0.1, 0.15) is 0 Å². The Bertz CT molecular complexity index is 196. The molecule has 0 saturated carbocycles. The van der Waals surface area contributed by atoms with E-state index in [-0.39, 0.29) is 0 Å². The van der Waals surface area contributed by atoms with Crippen molar-refractivity contribution in [3.8, 4) is 0 Å². The van der Waals surface area contributed by atoms with Crippen LogP contribution < -0.4 is 0 Å². The fourth-order valence-electron chi connectivity index (χ4n) is 0.846. The third-order valence-corrected chi connectivity index (χ3v) is 2.43. The molecule has 0 bridgehead atoms. The molecule has 0 aliphatic rings. The van der Waals surface area contributed by atoms with Crippen LogP contribution in [0.4, 0.5) is 0 Å². The second-order valence-electron chi connectivity index (χ2n) is 3.18. The second kappa shape index (κ2) is 5.54. The summed E-state index contributed by atoms with van der Waals surface area (Å²) in [6.45, 7) is 4.60. The number of rotatable bonds is 6. The van der Waals surface area contributed by atoms with E-state index < -0.39 is 10.1 Å². The molecule has 12 heavy (non-hydrogen) atoms. The van der Waals surface area contributed by atoms with Crippen molar-refractivity contribution in [1.82, 2.24) is 0 Å². The van der Waals surface area contributed by atoms with Crippen LogP contribution in [0.5, 0.6) is 0 Å². The molecular formula is C8H18O3S. The maximum absolute atomic E-state index is 10.5. The Hall–Kier alpha value is -0.0900. The lowest BCUT2D eigenvalue weighted by molar-refractivity contribution is 0.299. The summed E-state index contributed by atoms with van der Waals surface area (Å²) in [5.41, 5.74) is 0. The van der Waals surface area contributed by atoms with Gasteiger partial charge in [0, 0.05) is 0 Å². The van der Waals surface area contributed by atoms with Crippen LogP contribution in [0.15, 0.2) is 0 Å². The molecule has 0 aromatic carbocycles. The number of hydrogen-bond acceptors (Lipinski definition) is 3. The van der Waals surface area contributed by atoms with Crippen molar-refractivity contribution in [1.29, 1.82) is 0 Å². The van der Waals surface area contributed by atoms with Crippen LogP contribution in [0.2, 0.25) is 0 Å². The Morgan fingerprint density at radius 3 is 2.42 bits per heavy atom. The zero-order chi connectivity index (χ0) is 9.61. The molecule has 0 rings (SSSR count). The van der Waals surface area contributed by atoms with Gasteiger partial charge in [0.25, 0.3) is 10.1 Å². The minimum atomic E-state index is -3.23. The van der Waals surface area contributed by atoms with Crippen molar-refractivity contribution < 1.29 is 12.6 Å². The van der Waals surface area contributed by atoms with Crippen LogP contribution >= 0.6 is 0 Å². The molecule has 0 N–H and O–H groups in total. The third-order valence-electron chi connectivity index (χ3n) is 1.84. The number of hydrogen-bond donors (Lipinski definition) is 0. The van der Waals surface area contributed by atoms with Gasteiger partial charge >= 0.3 is 0 Å². The Balaban J connectivity index is 3.34. The molecule has 0 fully saturated rings. The zero-order valence-electron chi connectivity index (χ0n) is 8.04. The van der Waals surface area contributed by atoms with E-state index in [0.717, 1.165) is 25.5 Å². The first kappa shape index (κ1) is 11.9. The normalized spacial score (nSPS) is 14.6. The van der Waals surface area contributed by atoms with E-state index in [1.54, 1.807) is 0 Å². The van der Waals surface area contributed by atoms with Gasteiger partial charge in [-0.2, -0.15) is 8.42 Å². The summed E-state index contributed by atoms with van der Waals surface area (Å²) in [5.74, 6) is 0.660. The third kappa shape index (κ3) is 8.01. The highest BCUT2D eigenvalue weighted by molar-refractivity contribution is 7.85. The molecule has 0 aliphatic heterocycles. The van der Waals surface area contributed by atoms with E-state index in [2.05, 4.69) is 18.0 Å². The SMILES string of the molecule is CC[C@H](C)CCCOS(C)(=O)=O. The maximum Gasteiger partial charge on any atom is 0.264 e. The minimum absolute atomic E-state index is 0.323. The van der Waals surface area contributed by atoms with Crippen LogP contribution in [0.1, 0.15) is 33.1 Å². The summed E-state index contributed by atoms with van der Waals surface area (Å²) >= 11 is 0. The molecule has 4 heteroatoms. The molecule has 0 aliphatic carbocycles. The molecule has 74 valence electrons. The van der Waals surface area contributed by atoms with E-state index in [9.17, 15) is 8.42 Å². The van der Waals surface area contributed by atoms with Crippen LogP contribution in [0.3, 0.4) is 0 Å². The summed E-state index contributed by atoms with van der Waals surface area (Å²) in [5, 5.41) is 0. The molecule has 3 nitrogen and oxygen atoms in total. The monoisotopic (exact) mass is 194 g/mol. The van der Waals surface area contributed by atoms with Gasteiger partial charge < -0.3 is 0 Å². The summed E-state index contributed by atoms with van der Waals surface area (Å²) in [4.78, 5) is 0. The summed E-state index contributed by atoms with van der Waals surface area (Å²) < 4.78 is 25.6. The van der Waals surface area contributed by atoms with Gasteiger partial charge in [0.2, 0.25) is 0 Å². The average Bonchev–Trinajstić information content (AvgIpc) is 1.96. The van der Waals surface area contributed by atoms with Crippen molar-refractivity contribution >= 4 is 10.1 Å². The van der Waals surface area contributed by atoms with Gasteiger partial charge in [-0.25, -0.2) is 0 Å². The fraction of sp³-hybridized carbons (Fsp3) is 1.00. The summed E-state index contributed by atoms with van der Waals surface area (Å²) in [6, 6.07) is 0. The minimum Gasteiger partial charge on any atom is -0.270 e. The standard InChI is InChI=1S/C8H18O3S/c1-4-8(2)6-5-7-11-12(3,9)10/h8H,4-7H2,1-3H3/t8-/m0/s1. The van der Waals surface area contributed by atoms with Gasteiger partial charge in [-0.05, 0) is 18.8 Å². The molecule has 1 atom stereocenters. The Morgan fingerprint density at radius 2 is 2.00 bits per heavy atom. The first-order valence-electron chi connectivity index (χ1n) is 4.30. The Kier molecular flexibility index (Phi) is 5.50. The van der Waals surface area contributed by atoms with Crippen molar-refractivity contribution in [2.24, 2.45) is 5.92 Å².